The van der Waals surface area contributed by atoms with E-state index < -0.39 is 0 Å². The van der Waals surface area contributed by atoms with Crippen molar-refractivity contribution in [3.05, 3.63) is 59.7 Å². The first-order chi connectivity index (χ1) is 9.19. The molecule has 0 spiro atoms. The lowest BCUT2D eigenvalue weighted by Crippen LogP contribution is -2.08. The van der Waals surface area contributed by atoms with Crippen LogP contribution in [0, 0.1) is 11.3 Å². The van der Waals surface area contributed by atoms with Crippen molar-refractivity contribution >= 4 is 17.6 Å². The number of rotatable bonds is 3. The quantitative estimate of drug-likeness (QED) is 0.782. The Hall–Kier alpha value is -2.60. The maximum Gasteiger partial charge on any atom is 0.0992 e. The third-order valence-electron chi connectivity index (χ3n) is 2.75. The highest BCUT2D eigenvalue weighted by Crippen LogP contribution is 2.15. The average Bonchev–Trinajstić information content (AvgIpc) is 2.46. The summed E-state index contributed by atoms with van der Waals surface area (Å²) in [6.07, 6.45) is 1.80. The molecule has 0 N–H and O–H groups in total. The second-order valence-electron chi connectivity index (χ2n) is 4.41. The molecule has 0 aliphatic heterocycles. The number of hydrogen-bond donors (Lipinski definition) is 0. The molecule has 2 aromatic rings. The van der Waals surface area contributed by atoms with Gasteiger partial charge in [0.1, 0.15) is 0 Å². The zero-order valence-corrected chi connectivity index (χ0v) is 11.0. The van der Waals surface area contributed by atoms with E-state index in [-0.39, 0.29) is 0 Å². The second kappa shape index (κ2) is 5.83. The minimum Gasteiger partial charge on any atom is -0.378 e. The Kier molecular flexibility index (Phi) is 3.94. The second-order valence-corrected chi connectivity index (χ2v) is 4.41. The fourth-order valence-electron chi connectivity index (χ4n) is 1.66. The van der Waals surface area contributed by atoms with E-state index in [1.165, 1.54) is 0 Å². The number of nitrogens with zero attached hydrogens (tertiary/aromatic N) is 3. The number of nitriles is 1. The first-order valence-electron chi connectivity index (χ1n) is 6.00. The molecule has 0 unspecified atom stereocenters. The van der Waals surface area contributed by atoms with E-state index in [9.17, 15) is 0 Å². The molecule has 3 heteroatoms. The van der Waals surface area contributed by atoms with Crippen LogP contribution in [0.25, 0.3) is 0 Å². The number of benzene rings is 2. The third-order valence-corrected chi connectivity index (χ3v) is 2.75. The largest absolute Gasteiger partial charge is 0.378 e. The molecule has 3 nitrogen and oxygen atoms in total. The van der Waals surface area contributed by atoms with Crippen LogP contribution in [0.5, 0.6) is 0 Å². The fourth-order valence-corrected chi connectivity index (χ4v) is 1.66. The molecule has 0 amide bonds. The van der Waals surface area contributed by atoms with E-state index in [0.717, 1.165) is 16.9 Å². The van der Waals surface area contributed by atoms with Crippen molar-refractivity contribution < 1.29 is 0 Å². The minimum atomic E-state index is 0.623. The average molecular weight is 249 g/mol. The van der Waals surface area contributed by atoms with E-state index in [2.05, 4.69) is 16.0 Å². The van der Waals surface area contributed by atoms with Crippen LogP contribution in [0.4, 0.5) is 11.4 Å². The van der Waals surface area contributed by atoms with Crippen LogP contribution < -0.4 is 4.90 Å². The zero-order chi connectivity index (χ0) is 13.7. The number of anilines is 1. The molecule has 2 aromatic carbocycles. The van der Waals surface area contributed by atoms with Crippen LogP contribution >= 0.6 is 0 Å². The van der Waals surface area contributed by atoms with E-state index in [4.69, 9.17) is 5.26 Å². The lowest BCUT2D eigenvalue weighted by atomic mass is 10.2. The molecule has 0 bridgehead atoms. The normalized spacial score (nSPS) is 10.4. The maximum absolute atomic E-state index is 8.82. The molecule has 2 rings (SSSR count). The summed E-state index contributed by atoms with van der Waals surface area (Å²) < 4.78 is 0. The minimum absolute atomic E-state index is 0.623. The van der Waals surface area contributed by atoms with Gasteiger partial charge in [0.2, 0.25) is 0 Å². The number of aliphatic imine (C=N–C) groups is 1. The lowest BCUT2D eigenvalue weighted by Gasteiger charge is -2.11. The van der Waals surface area contributed by atoms with Crippen LogP contribution in [0.2, 0.25) is 0 Å². The third kappa shape index (κ3) is 3.43. The van der Waals surface area contributed by atoms with Gasteiger partial charge in [0, 0.05) is 26.0 Å². The zero-order valence-electron chi connectivity index (χ0n) is 11.0. The summed E-state index contributed by atoms with van der Waals surface area (Å²) in [5.41, 5.74) is 3.60. The molecule has 0 radical (unpaired) electrons. The van der Waals surface area contributed by atoms with E-state index in [1.807, 2.05) is 50.5 Å². The standard InChI is InChI=1S/C16H15N3/c1-19(2)16-8-6-13(7-9-16)12-18-15-5-3-4-14(10-15)11-17/h3-10,12H,1-2H3. The van der Waals surface area contributed by atoms with Crippen LogP contribution in [0.15, 0.2) is 53.5 Å². The Morgan fingerprint density at radius 3 is 2.47 bits per heavy atom. The Morgan fingerprint density at radius 2 is 1.84 bits per heavy atom. The molecule has 0 saturated heterocycles. The molecule has 19 heavy (non-hydrogen) atoms. The van der Waals surface area contributed by atoms with Gasteiger partial charge in [-0.15, -0.1) is 0 Å². The Balaban J connectivity index is 2.16. The molecule has 0 heterocycles. The van der Waals surface area contributed by atoms with Gasteiger partial charge in [-0.2, -0.15) is 5.26 Å². The van der Waals surface area contributed by atoms with Crippen molar-refractivity contribution in [3.63, 3.8) is 0 Å². The van der Waals surface area contributed by atoms with E-state index in [1.54, 1.807) is 18.3 Å². The summed E-state index contributed by atoms with van der Waals surface area (Å²) in [7, 11) is 4.02. The van der Waals surface area contributed by atoms with Gasteiger partial charge >= 0.3 is 0 Å². The first kappa shape index (κ1) is 12.8. The predicted molar refractivity (Wildman–Crippen MR) is 79.2 cm³/mol. The van der Waals surface area contributed by atoms with Crippen LogP contribution in [0.3, 0.4) is 0 Å². The van der Waals surface area contributed by atoms with Gasteiger partial charge in [-0.25, -0.2) is 0 Å². The first-order valence-corrected chi connectivity index (χ1v) is 6.00. The molecular formula is C16H15N3. The summed E-state index contributed by atoms with van der Waals surface area (Å²) >= 11 is 0. The molecule has 0 atom stereocenters. The van der Waals surface area contributed by atoms with E-state index in [0.29, 0.717) is 5.56 Å². The van der Waals surface area contributed by atoms with Crippen LogP contribution in [-0.4, -0.2) is 20.3 Å². The van der Waals surface area contributed by atoms with Gasteiger partial charge in [-0.1, -0.05) is 18.2 Å². The van der Waals surface area contributed by atoms with Crippen LogP contribution in [-0.2, 0) is 0 Å². The van der Waals surface area contributed by atoms with Crippen molar-refractivity contribution in [3.8, 4) is 6.07 Å². The van der Waals surface area contributed by atoms with Crippen molar-refractivity contribution in [1.29, 1.82) is 5.26 Å². The van der Waals surface area contributed by atoms with Crippen molar-refractivity contribution in [2.75, 3.05) is 19.0 Å². The summed E-state index contributed by atoms with van der Waals surface area (Å²) in [6, 6.07) is 17.5. The van der Waals surface area contributed by atoms with Crippen molar-refractivity contribution in [2.45, 2.75) is 0 Å². The summed E-state index contributed by atoms with van der Waals surface area (Å²) in [4.78, 5) is 6.42. The summed E-state index contributed by atoms with van der Waals surface area (Å²) in [6.45, 7) is 0. The monoisotopic (exact) mass is 249 g/mol. The van der Waals surface area contributed by atoms with Gasteiger partial charge < -0.3 is 4.90 Å². The molecule has 0 fully saturated rings. The Bertz CT molecular complexity index is 619. The van der Waals surface area contributed by atoms with Gasteiger partial charge in [0.05, 0.1) is 17.3 Å². The highest BCUT2D eigenvalue weighted by Gasteiger charge is 1.95. The van der Waals surface area contributed by atoms with E-state index >= 15 is 0 Å². The van der Waals surface area contributed by atoms with Crippen LogP contribution in [0.1, 0.15) is 11.1 Å². The SMILES string of the molecule is CN(C)c1ccc(C=Nc2cccc(C#N)c2)cc1. The molecular weight excluding hydrogens is 234 g/mol. The summed E-state index contributed by atoms with van der Waals surface area (Å²) in [5.74, 6) is 0. The molecule has 0 aromatic heterocycles. The van der Waals surface area contributed by atoms with Gasteiger partial charge in [0.15, 0.2) is 0 Å². The molecule has 0 aliphatic rings. The van der Waals surface area contributed by atoms with Gasteiger partial charge in [-0.3, -0.25) is 4.99 Å². The Labute approximate surface area is 113 Å². The highest BCUT2D eigenvalue weighted by molar-refractivity contribution is 5.82. The predicted octanol–water partition coefficient (Wildman–Crippen LogP) is 3.37. The van der Waals surface area contributed by atoms with Crippen molar-refractivity contribution in [1.82, 2.24) is 0 Å². The number of hydrogen-bond acceptors (Lipinski definition) is 3. The summed E-state index contributed by atoms with van der Waals surface area (Å²) in [5, 5.41) is 8.82. The van der Waals surface area contributed by atoms with Gasteiger partial charge in [0.25, 0.3) is 0 Å². The molecule has 0 saturated carbocycles. The Morgan fingerprint density at radius 1 is 1.11 bits per heavy atom. The lowest BCUT2D eigenvalue weighted by molar-refractivity contribution is 1.13. The molecule has 0 aliphatic carbocycles. The van der Waals surface area contributed by atoms with Crippen molar-refractivity contribution in [2.24, 2.45) is 4.99 Å². The van der Waals surface area contributed by atoms with Gasteiger partial charge in [-0.05, 0) is 35.9 Å². The topological polar surface area (TPSA) is 39.4 Å². The smallest absolute Gasteiger partial charge is 0.0992 e. The fraction of sp³-hybridized carbons (Fsp3) is 0.125. The molecule has 94 valence electrons. The highest BCUT2D eigenvalue weighted by atomic mass is 15.1. The maximum atomic E-state index is 8.82.